The van der Waals surface area contributed by atoms with Crippen LogP contribution in [0.2, 0.25) is 0 Å². The van der Waals surface area contributed by atoms with E-state index in [1.165, 1.54) is 11.8 Å². The molecule has 1 heterocycles. The molecule has 2 rings (SSSR count). The van der Waals surface area contributed by atoms with Crippen LogP contribution in [0, 0.1) is 0 Å². The van der Waals surface area contributed by atoms with E-state index in [4.69, 9.17) is 12.2 Å². The molecule has 2 amide bonds. The van der Waals surface area contributed by atoms with Crippen LogP contribution < -0.4 is 10.9 Å². The Bertz CT molecular complexity index is 516. The van der Waals surface area contributed by atoms with Gasteiger partial charge in [0.15, 0.2) is 0 Å². The topological polar surface area (TPSA) is 61.4 Å². The standard InChI is InChI=1S/C14H17N3O2S2/c18-12(10-21-14(20)17-8-4-5-9-17)15-16-13(19)11-6-2-1-3-7-11/h1-3,6-7H,4-5,8-10H2,(H,15,18)(H,16,19). The number of hydrogen-bond acceptors (Lipinski definition) is 4. The van der Waals surface area contributed by atoms with Gasteiger partial charge in [0.25, 0.3) is 5.91 Å². The van der Waals surface area contributed by atoms with Gasteiger partial charge in [0.1, 0.15) is 4.32 Å². The predicted molar refractivity (Wildman–Crippen MR) is 87.9 cm³/mol. The van der Waals surface area contributed by atoms with Gasteiger partial charge in [-0.25, -0.2) is 0 Å². The number of nitrogens with zero attached hydrogens (tertiary/aromatic N) is 1. The highest BCUT2D eigenvalue weighted by Crippen LogP contribution is 2.15. The predicted octanol–water partition coefficient (Wildman–Crippen LogP) is 1.56. The third-order valence-electron chi connectivity index (χ3n) is 3.04. The smallest absolute Gasteiger partial charge is 0.269 e. The van der Waals surface area contributed by atoms with E-state index in [1.807, 2.05) is 6.07 Å². The summed E-state index contributed by atoms with van der Waals surface area (Å²) >= 11 is 6.59. The summed E-state index contributed by atoms with van der Waals surface area (Å²) in [5.41, 5.74) is 5.27. The van der Waals surface area contributed by atoms with Crippen molar-refractivity contribution in [1.29, 1.82) is 0 Å². The monoisotopic (exact) mass is 323 g/mol. The van der Waals surface area contributed by atoms with Gasteiger partial charge < -0.3 is 4.90 Å². The zero-order valence-corrected chi connectivity index (χ0v) is 13.1. The fourth-order valence-corrected chi connectivity index (χ4v) is 2.99. The fraction of sp³-hybridized carbons (Fsp3) is 0.357. The van der Waals surface area contributed by atoms with Gasteiger partial charge in [-0.05, 0) is 25.0 Å². The molecule has 5 nitrogen and oxygen atoms in total. The molecule has 21 heavy (non-hydrogen) atoms. The molecule has 1 aromatic rings. The molecular formula is C14H17N3O2S2. The maximum absolute atomic E-state index is 11.7. The van der Waals surface area contributed by atoms with Crippen LogP contribution in [0.5, 0.6) is 0 Å². The van der Waals surface area contributed by atoms with E-state index in [0.29, 0.717) is 5.56 Å². The van der Waals surface area contributed by atoms with Crippen LogP contribution in [0.15, 0.2) is 30.3 Å². The molecule has 0 aliphatic carbocycles. The molecule has 2 N–H and O–H groups in total. The number of hydrogen-bond donors (Lipinski definition) is 2. The number of amides is 2. The van der Waals surface area contributed by atoms with Gasteiger partial charge in [0.2, 0.25) is 5.91 Å². The van der Waals surface area contributed by atoms with Crippen LogP contribution in [0.3, 0.4) is 0 Å². The van der Waals surface area contributed by atoms with Crippen LogP contribution in [0.25, 0.3) is 0 Å². The second-order valence-electron chi connectivity index (χ2n) is 4.62. The quantitative estimate of drug-likeness (QED) is 0.653. The minimum Gasteiger partial charge on any atom is -0.358 e. The van der Waals surface area contributed by atoms with Crippen molar-refractivity contribution in [1.82, 2.24) is 15.8 Å². The first-order valence-corrected chi connectivity index (χ1v) is 8.12. The number of carbonyl (C=O) groups is 2. The number of likely N-dealkylation sites (tertiary alicyclic amines) is 1. The van der Waals surface area contributed by atoms with Crippen LogP contribution in [-0.2, 0) is 4.79 Å². The Labute approximate surface area is 133 Å². The Morgan fingerprint density at radius 1 is 1.14 bits per heavy atom. The van der Waals surface area contributed by atoms with Gasteiger partial charge in [-0.1, -0.05) is 42.2 Å². The summed E-state index contributed by atoms with van der Waals surface area (Å²) < 4.78 is 0.747. The summed E-state index contributed by atoms with van der Waals surface area (Å²) in [4.78, 5) is 25.5. The normalized spacial score (nSPS) is 13.8. The lowest BCUT2D eigenvalue weighted by atomic mass is 10.2. The van der Waals surface area contributed by atoms with Crippen molar-refractivity contribution >= 4 is 40.1 Å². The molecule has 0 unspecified atom stereocenters. The molecule has 112 valence electrons. The second-order valence-corrected chi connectivity index (χ2v) is 6.23. The summed E-state index contributed by atoms with van der Waals surface area (Å²) in [5, 5.41) is 0. The minimum atomic E-state index is -0.337. The first-order valence-electron chi connectivity index (χ1n) is 6.73. The number of nitrogens with one attached hydrogen (secondary N) is 2. The molecule has 0 spiro atoms. The van der Waals surface area contributed by atoms with Gasteiger partial charge in [0.05, 0.1) is 5.75 Å². The van der Waals surface area contributed by atoms with Crippen molar-refractivity contribution in [3.8, 4) is 0 Å². The second kappa shape index (κ2) is 7.99. The Morgan fingerprint density at radius 3 is 2.48 bits per heavy atom. The number of benzene rings is 1. The van der Waals surface area contributed by atoms with Crippen molar-refractivity contribution in [3.05, 3.63) is 35.9 Å². The van der Waals surface area contributed by atoms with E-state index in [1.54, 1.807) is 24.3 Å². The lowest BCUT2D eigenvalue weighted by molar-refractivity contribution is -0.119. The number of carbonyl (C=O) groups excluding carboxylic acids is 2. The largest absolute Gasteiger partial charge is 0.358 e. The maximum Gasteiger partial charge on any atom is 0.269 e. The van der Waals surface area contributed by atoms with Gasteiger partial charge in [-0.15, -0.1) is 0 Å². The highest BCUT2D eigenvalue weighted by molar-refractivity contribution is 8.23. The molecule has 0 aromatic heterocycles. The molecule has 0 atom stereocenters. The number of thioether (sulfide) groups is 1. The molecular weight excluding hydrogens is 306 g/mol. The van der Waals surface area contributed by atoms with Crippen LogP contribution in [-0.4, -0.2) is 39.9 Å². The fourth-order valence-electron chi connectivity index (χ4n) is 1.94. The number of thiocarbonyl (C=S) groups is 1. The molecule has 1 aromatic carbocycles. The Morgan fingerprint density at radius 2 is 1.81 bits per heavy atom. The van der Waals surface area contributed by atoms with Crippen LogP contribution in [0.4, 0.5) is 0 Å². The summed E-state index contributed by atoms with van der Waals surface area (Å²) in [5.74, 6) is -0.411. The van der Waals surface area contributed by atoms with Crippen molar-refractivity contribution in [2.75, 3.05) is 18.8 Å². The van der Waals surface area contributed by atoms with Crippen LogP contribution in [0.1, 0.15) is 23.2 Å². The van der Waals surface area contributed by atoms with E-state index in [9.17, 15) is 9.59 Å². The zero-order chi connectivity index (χ0) is 15.1. The van der Waals surface area contributed by atoms with Crippen molar-refractivity contribution in [2.45, 2.75) is 12.8 Å². The van der Waals surface area contributed by atoms with Gasteiger partial charge in [-0.3, -0.25) is 20.4 Å². The zero-order valence-electron chi connectivity index (χ0n) is 11.5. The summed E-state index contributed by atoms with van der Waals surface area (Å²) in [6.07, 6.45) is 2.31. The van der Waals surface area contributed by atoms with Crippen molar-refractivity contribution < 1.29 is 9.59 Å². The molecule has 1 saturated heterocycles. The van der Waals surface area contributed by atoms with E-state index < -0.39 is 0 Å². The Kier molecular flexibility index (Phi) is 6.01. The third-order valence-corrected chi connectivity index (χ3v) is 4.57. The van der Waals surface area contributed by atoms with Crippen molar-refractivity contribution in [2.24, 2.45) is 0 Å². The first-order chi connectivity index (χ1) is 10.2. The summed E-state index contributed by atoms with van der Waals surface area (Å²) in [6, 6.07) is 8.71. The average Bonchev–Trinajstić information content (AvgIpc) is 3.05. The number of hydrazine groups is 1. The highest BCUT2D eigenvalue weighted by Gasteiger charge is 2.16. The minimum absolute atomic E-state index is 0.199. The molecule has 1 aliphatic heterocycles. The maximum atomic E-state index is 11.7. The van der Waals surface area contributed by atoms with Gasteiger partial charge >= 0.3 is 0 Å². The highest BCUT2D eigenvalue weighted by atomic mass is 32.2. The SMILES string of the molecule is O=C(CSC(=S)N1CCCC1)NNC(=O)c1ccccc1. The van der Waals surface area contributed by atoms with Gasteiger partial charge in [0, 0.05) is 18.7 Å². The summed E-state index contributed by atoms with van der Waals surface area (Å²) in [7, 11) is 0. The van der Waals surface area contributed by atoms with Gasteiger partial charge in [-0.2, -0.15) is 0 Å². The average molecular weight is 323 g/mol. The van der Waals surface area contributed by atoms with Crippen LogP contribution >= 0.6 is 24.0 Å². The van der Waals surface area contributed by atoms with E-state index in [0.717, 1.165) is 30.3 Å². The van der Waals surface area contributed by atoms with E-state index in [-0.39, 0.29) is 17.6 Å². The molecule has 0 bridgehead atoms. The third kappa shape index (κ3) is 5.02. The Balaban J connectivity index is 1.67. The van der Waals surface area contributed by atoms with Crippen molar-refractivity contribution in [3.63, 3.8) is 0 Å². The lowest BCUT2D eigenvalue weighted by Gasteiger charge is -2.17. The van der Waals surface area contributed by atoms with E-state index >= 15 is 0 Å². The number of rotatable bonds is 3. The molecule has 7 heteroatoms. The Hall–Kier alpha value is -1.60. The first kappa shape index (κ1) is 15.8. The molecule has 0 saturated carbocycles. The molecule has 1 aliphatic rings. The summed E-state index contributed by atoms with van der Waals surface area (Å²) in [6.45, 7) is 1.94. The molecule has 1 fully saturated rings. The molecule has 0 radical (unpaired) electrons. The lowest BCUT2D eigenvalue weighted by Crippen LogP contribution is -2.42. The van der Waals surface area contributed by atoms with E-state index in [2.05, 4.69) is 15.8 Å².